The Bertz CT molecular complexity index is 653. The van der Waals surface area contributed by atoms with Crippen LogP contribution in [-0.2, 0) is 20.9 Å². The predicted octanol–water partition coefficient (Wildman–Crippen LogP) is -0.732. The van der Waals surface area contributed by atoms with Crippen molar-refractivity contribution in [2.75, 3.05) is 31.1 Å². The summed E-state index contributed by atoms with van der Waals surface area (Å²) in [6, 6.07) is 0. The average molecular weight is 336 g/mol. The van der Waals surface area contributed by atoms with Crippen molar-refractivity contribution in [1.82, 2.24) is 15.3 Å². The molecule has 10 heteroatoms. The van der Waals surface area contributed by atoms with E-state index in [-0.39, 0.29) is 12.6 Å². The van der Waals surface area contributed by atoms with Gasteiger partial charge in [-0.25, -0.2) is 24.4 Å². The van der Waals surface area contributed by atoms with Gasteiger partial charge in [-0.05, 0) is 0 Å². The van der Waals surface area contributed by atoms with Gasteiger partial charge in [-0.3, -0.25) is 0 Å². The van der Waals surface area contributed by atoms with Gasteiger partial charge in [-0.15, -0.1) is 0 Å². The number of nitrogens with zero attached hydrogens (tertiary/aromatic N) is 3. The van der Waals surface area contributed by atoms with Crippen molar-refractivity contribution in [3.05, 3.63) is 29.6 Å². The first-order valence-corrected chi connectivity index (χ1v) is 7.10. The number of aromatic nitrogens is 2. The predicted molar refractivity (Wildman–Crippen MR) is 80.6 cm³/mol. The quantitative estimate of drug-likeness (QED) is 0.477. The molecule has 3 heterocycles. The second kappa shape index (κ2) is 8.02. The van der Waals surface area contributed by atoms with E-state index in [0.717, 1.165) is 26.2 Å². The van der Waals surface area contributed by atoms with Crippen molar-refractivity contribution in [2.45, 2.75) is 6.61 Å². The van der Waals surface area contributed by atoms with Crippen molar-refractivity contribution in [1.29, 1.82) is 0 Å². The normalized spacial score (nSPS) is 16.2. The largest absolute Gasteiger partial charge is 0.478 e. The number of anilines is 1. The maximum atomic E-state index is 11.2. The Morgan fingerprint density at radius 3 is 2.42 bits per heavy atom. The van der Waals surface area contributed by atoms with E-state index in [2.05, 4.69) is 20.2 Å². The van der Waals surface area contributed by atoms with Crippen LogP contribution in [0.3, 0.4) is 0 Å². The molecular weight excluding hydrogens is 320 g/mol. The van der Waals surface area contributed by atoms with Gasteiger partial charge in [-0.1, -0.05) is 0 Å². The zero-order chi connectivity index (χ0) is 17.5. The molecule has 0 unspecified atom stereocenters. The zero-order valence-electron chi connectivity index (χ0n) is 12.6. The lowest BCUT2D eigenvalue weighted by Gasteiger charge is -2.27. The first-order chi connectivity index (χ1) is 11.5. The molecule has 24 heavy (non-hydrogen) atoms. The second-order valence-corrected chi connectivity index (χ2v) is 4.85. The van der Waals surface area contributed by atoms with Gasteiger partial charge in [0.15, 0.2) is 0 Å². The summed E-state index contributed by atoms with van der Waals surface area (Å²) in [6.07, 6.45) is 2.68. The van der Waals surface area contributed by atoms with E-state index < -0.39 is 11.9 Å². The van der Waals surface area contributed by atoms with Crippen LogP contribution >= 0.6 is 0 Å². The smallest absolute Gasteiger partial charge is 0.342 e. The van der Waals surface area contributed by atoms with Crippen LogP contribution in [0.15, 0.2) is 18.3 Å². The molecule has 2 aliphatic heterocycles. The highest BCUT2D eigenvalue weighted by Gasteiger charge is 2.24. The lowest BCUT2D eigenvalue weighted by Crippen LogP contribution is -2.44. The van der Waals surface area contributed by atoms with Crippen molar-refractivity contribution in [2.24, 2.45) is 0 Å². The third kappa shape index (κ3) is 4.74. The first kappa shape index (κ1) is 17.3. The summed E-state index contributed by atoms with van der Waals surface area (Å²) in [5.74, 6) is -2.14. The molecule has 0 atom stereocenters. The molecule has 10 nitrogen and oxygen atoms in total. The van der Waals surface area contributed by atoms with E-state index in [4.69, 9.17) is 14.9 Å². The Kier molecular flexibility index (Phi) is 5.79. The van der Waals surface area contributed by atoms with Gasteiger partial charge in [0, 0.05) is 44.5 Å². The number of hydrogen-bond donors (Lipinski definition) is 3. The van der Waals surface area contributed by atoms with E-state index >= 15 is 0 Å². The molecule has 0 radical (unpaired) electrons. The molecule has 1 aromatic heterocycles. The van der Waals surface area contributed by atoms with E-state index in [1.807, 2.05) is 0 Å². The number of aliphatic carboxylic acids is 2. The molecule has 0 amide bonds. The Morgan fingerprint density at radius 1 is 1.21 bits per heavy atom. The molecule has 1 aromatic rings. The second-order valence-electron chi connectivity index (χ2n) is 4.85. The van der Waals surface area contributed by atoms with E-state index in [1.54, 1.807) is 6.20 Å². The minimum Gasteiger partial charge on any atom is -0.478 e. The molecule has 3 rings (SSSR count). The highest BCUT2D eigenvalue weighted by molar-refractivity contribution is 5.92. The molecule has 1 fully saturated rings. The number of carboxylic acid groups (broad SMARTS) is 2. The molecule has 0 aromatic carbocycles. The fourth-order valence-corrected chi connectivity index (χ4v) is 2.06. The number of fused-ring (bicyclic) bond motifs is 1. The molecule has 0 saturated carbocycles. The number of piperazine rings is 1. The maximum absolute atomic E-state index is 11.2. The van der Waals surface area contributed by atoms with Crippen LogP contribution in [0.25, 0.3) is 0 Å². The zero-order valence-corrected chi connectivity index (χ0v) is 12.6. The molecule has 0 spiro atoms. The Labute approximate surface area is 136 Å². The summed E-state index contributed by atoms with van der Waals surface area (Å²) in [5.41, 5.74) is 1.20. The maximum Gasteiger partial charge on any atom is 0.342 e. The summed E-state index contributed by atoms with van der Waals surface area (Å²) in [6.45, 7) is 3.95. The monoisotopic (exact) mass is 336 g/mol. The summed E-state index contributed by atoms with van der Waals surface area (Å²) >= 11 is 0. The highest BCUT2D eigenvalue weighted by Crippen LogP contribution is 2.19. The Morgan fingerprint density at radius 2 is 1.83 bits per heavy atom. The van der Waals surface area contributed by atoms with Gasteiger partial charge in [-0.2, -0.15) is 0 Å². The minimum absolute atomic E-state index is 0.274. The van der Waals surface area contributed by atoms with E-state index in [1.165, 1.54) is 0 Å². The SMILES string of the molecule is O=C(O)/C=C\C(=O)O.O=C1OCc2nc(N3CCNCC3)ncc21. The molecule has 3 N–H and O–H groups in total. The topological polar surface area (TPSA) is 142 Å². The number of cyclic esters (lactones) is 1. The number of ether oxygens (including phenoxy) is 1. The third-order valence-corrected chi connectivity index (χ3v) is 3.18. The number of carbonyl (C=O) groups is 3. The lowest BCUT2D eigenvalue weighted by molar-refractivity contribution is -0.134. The molecular formula is C14H16N4O6. The number of rotatable bonds is 3. The van der Waals surface area contributed by atoms with Crippen molar-refractivity contribution in [3.8, 4) is 0 Å². The van der Waals surface area contributed by atoms with Gasteiger partial charge >= 0.3 is 17.9 Å². The number of carboxylic acids is 2. The van der Waals surface area contributed by atoms with Crippen molar-refractivity contribution >= 4 is 23.9 Å². The number of nitrogens with one attached hydrogen (secondary N) is 1. The van der Waals surface area contributed by atoms with Crippen molar-refractivity contribution < 1.29 is 29.3 Å². The fourth-order valence-electron chi connectivity index (χ4n) is 2.06. The lowest BCUT2D eigenvalue weighted by atomic mass is 10.3. The number of esters is 1. The first-order valence-electron chi connectivity index (χ1n) is 7.10. The Hall–Kier alpha value is -3.01. The Balaban J connectivity index is 0.000000224. The van der Waals surface area contributed by atoms with Crippen LogP contribution < -0.4 is 10.2 Å². The number of hydrogen-bond acceptors (Lipinski definition) is 8. The summed E-state index contributed by atoms with van der Waals surface area (Å²) in [4.78, 5) is 41.0. The third-order valence-electron chi connectivity index (χ3n) is 3.18. The molecule has 128 valence electrons. The molecule has 1 saturated heterocycles. The average Bonchev–Trinajstić information content (AvgIpc) is 2.95. The van der Waals surface area contributed by atoms with Gasteiger partial charge in [0.1, 0.15) is 12.2 Å². The summed E-state index contributed by atoms with van der Waals surface area (Å²) < 4.78 is 4.89. The van der Waals surface area contributed by atoms with E-state index in [9.17, 15) is 14.4 Å². The summed E-state index contributed by atoms with van der Waals surface area (Å²) in [7, 11) is 0. The molecule has 0 aliphatic carbocycles. The van der Waals surface area contributed by atoms with Gasteiger partial charge in [0.2, 0.25) is 5.95 Å². The van der Waals surface area contributed by atoms with Gasteiger partial charge < -0.3 is 25.2 Å². The standard InChI is InChI=1S/C10H12N4O2.C4H4O4/c15-9-7-5-12-10(13-8(7)6-16-9)14-3-1-11-2-4-14;5-3(6)1-2-4(7)8/h5,11H,1-4,6H2;1-2H,(H,5,6)(H,7,8)/b;2-1-. The van der Waals surface area contributed by atoms with Crippen molar-refractivity contribution in [3.63, 3.8) is 0 Å². The van der Waals surface area contributed by atoms with Gasteiger partial charge in [0.25, 0.3) is 0 Å². The van der Waals surface area contributed by atoms with Crippen LogP contribution in [0, 0.1) is 0 Å². The van der Waals surface area contributed by atoms with E-state index in [0.29, 0.717) is 29.4 Å². The van der Waals surface area contributed by atoms with Crippen LogP contribution in [0.2, 0.25) is 0 Å². The van der Waals surface area contributed by atoms with Crippen LogP contribution in [-0.4, -0.2) is 64.3 Å². The summed E-state index contributed by atoms with van der Waals surface area (Å²) in [5, 5.41) is 18.9. The van der Waals surface area contributed by atoms with Crippen LogP contribution in [0.1, 0.15) is 16.1 Å². The molecule has 2 aliphatic rings. The fraction of sp³-hybridized carbons (Fsp3) is 0.357. The van der Waals surface area contributed by atoms with Crippen LogP contribution in [0.4, 0.5) is 5.95 Å². The minimum atomic E-state index is -1.26. The van der Waals surface area contributed by atoms with Crippen LogP contribution in [0.5, 0.6) is 0 Å². The van der Waals surface area contributed by atoms with Gasteiger partial charge in [0.05, 0.1) is 5.69 Å². The molecule has 0 bridgehead atoms. The number of carbonyl (C=O) groups excluding carboxylic acids is 1. The highest BCUT2D eigenvalue weighted by atomic mass is 16.5.